The number of nitrogens with zero attached hydrogens (tertiary/aromatic N) is 1. The molecule has 2 aromatic carbocycles. The van der Waals surface area contributed by atoms with Gasteiger partial charge in [-0.25, -0.2) is 4.79 Å². The molecule has 1 aliphatic carbocycles. The number of hydrogen-bond acceptors (Lipinski definition) is 4. The highest BCUT2D eigenvalue weighted by Crippen LogP contribution is 2.34. The molecule has 1 unspecified atom stereocenters. The van der Waals surface area contributed by atoms with Crippen LogP contribution in [0.4, 0.5) is 5.69 Å². The molecule has 4 nitrogen and oxygen atoms in total. The molecule has 0 N–H and O–H groups in total. The summed E-state index contributed by atoms with van der Waals surface area (Å²) in [6.45, 7) is 0. The first-order valence-electron chi connectivity index (χ1n) is 8.18. The van der Waals surface area contributed by atoms with Crippen LogP contribution < -0.4 is 0 Å². The van der Waals surface area contributed by atoms with Crippen molar-refractivity contribution < 1.29 is 14.3 Å². The summed E-state index contributed by atoms with van der Waals surface area (Å²) in [5.74, 6) is -0.178. The van der Waals surface area contributed by atoms with Crippen molar-refractivity contribution in [2.24, 2.45) is 4.99 Å². The predicted molar refractivity (Wildman–Crippen MR) is 106 cm³/mol. The maximum Gasteiger partial charge on any atom is 0.339 e. The van der Waals surface area contributed by atoms with Crippen LogP contribution in [0.2, 0.25) is 5.02 Å². The summed E-state index contributed by atoms with van der Waals surface area (Å²) < 4.78 is 5.35. The van der Waals surface area contributed by atoms with E-state index in [0.717, 1.165) is 11.3 Å². The SMILES string of the molecule is COC(=O)c1cccc(N=C2CC(=O)CC(c3ccc(Cl)cc3)C2)c1Br. The summed E-state index contributed by atoms with van der Waals surface area (Å²) in [7, 11) is 1.34. The van der Waals surface area contributed by atoms with Crippen LogP contribution in [-0.2, 0) is 9.53 Å². The fraction of sp³-hybridized carbons (Fsp3) is 0.250. The number of ether oxygens (including phenoxy) is 1. The first-order valence-corrected chi connectivity index (χ1v) is 9.35. The average molecular weight is 435 g/mol. The quantitative estimate of drug-likeness (QED) is 0.600. The molecule has 1 aliphatic rings. The first kappa shape index (κ1) is 18.8. The van der Waals surface area contributed by atoms with Crippen molar-refractivity contribution in [1.82, 2.24) is 0 Å². The van der Waals surface area contributed by atoms with Gasteiger partial charge >= 0.3 is 5.97 Å². The van der Waals surface area contributed by atoms with E-state index in [1.807, 2.05) is 24.3 Å². The number of methoxy groups -OCH3 is 1. The number of hydrogen-bond donors (Lipinski definition) is 0. The Balaban J connectivity index is 1.90. The number of rotatable bonds is 3. The van der Waals surface area contributed by atoms with E-state index in [0.29, 0.717) is 40.0 Å². The molecule has 134 valence electrons. The molecule has 6 heteroatoms. The molecule has 0 amide bonds. The number of Topliss-reactive ketones (excluding diaryl/α,β-unsaturated/α-hetero) is 1. The van der Waals surface area contributed by atoms with Gasteiger partial charge in [0, 0.05) is 23.6 Å². The van der Waals surface area contributed by atoms with Crippen LogP contribution in [0.15, 0.2) is 51.9 Å². The minimum atomic E-state index is -0.433. The highest BCUT2D eigenvalue weighted by molar-refractivity contribution is 9.10. The van der Waals surface area contributed by atoms with Gasteiger partial charge < -0.3 is 4.74 Å². The molecule has 0 saturated heterocycles. The number of carbonyl (C=O) groups excluding carboxylic acids is 2. The summed E-state index contributed by atoms with van der Waals surface area (Å²) in [4.78, 5) is 28.7. The topological polar surface area (TPSA) is 55.7 Å². The zero-order chi connectivity index (χ0) is 18.7. The van der Waals surface area contributed by atoms with Crippen molar-refractivity contribution >= 4 is 50.7 Å². The Morgan fingerprint density at radius 2 is 1.92 bits per heavy atom. The molecule has 0 heterocycles. The van der Waals surface area contributed by atoms with Crippen molar-refractivity contribution in [1.29, 1.82) is 0 Å². The fourth-order valence-corrected chi connectivity index (χ4v) is 3.74. The minimum Gasteiger partial charge on any atom is -0.465 e. The molecule has 0 aromatic heterocycles. The summed E-state index contributed by atoms with van der Waals surface area (Å²) in [6.07, 6.45) is 1.53. The van der Waals surface area contributed by atoms with E-state index >= 15 is 0 Å². The number of carbonyl (C=O) groups is 2. The summed E-state index contributed by atoms with van der Waals surface area (Å²) in [5.41, 5.74) is 2.92. The second kappa shape index (κ2) is 8.14. The Morgan fingerprint density at radius 3 is 2.62 bits per heavy atom. The van der Waals surface area contributed by atoms with E-state index in [1.165, 1.54) is 7.11 Å². The van der Waals surface area contributed by atoms with Gasteiger partial charge in [-0.3, -0.25) is 9.79 Å². The zero-order valence-corrected chi connectivity index (χ0v) is 16.5. The lowest BCUT2D eigenvalue weighted by molar-refractivity contribution is -0.118. The molecule has 1 saturated carbocycles. The first-order chi connectivity index (χ1) is 12.5. The summed E-state index contributed by atoms with van der Waals surface area (Å²) in [6, 6.07) is 12.8. The molecule has 0 aliphatic heterocycles. The van der Waals surface area contributed by atoms with Gasteiger partial charge in [0.05, 0.1) is 22.8 Å². The lowest BCUT2D eigenvalue weighted by Crippen LogP contribution is -2.21. The molecule has 0 bridgehead atoms. The van der Waals surface area contributed by atoms with Crippen molar-refractivity contribution in [2.45, 2.75) is 25.2 Å². The second-order valence-electron chi connectivity index (χ2n) is 6.18. The molecular weight excluding hydrogens is 418 g/mol. The third-order valence-electron chi connectivity index (χ3n) is 4.36. The van der Waals surface area contributed by atoms with Gasteiger partial charge in [-0.2, -0.15) is 0 Å². The largest absolute Gasteiger partial charge is 0.465 e. The van der Waals surface area contributed by atoms with Crippen molar-refractivity contribution in [2.75, 3.05) is 7.11 Å². The lowest BCUT2D eigenvalue weighted by atomic mass is 9.82. The van der Waals surface area contributed by atoms with E-state index in [2.05, 4.69) is 20.9 Å². The van der Waals surface area contributed by atoms with Gasteiger partial charge in [0.2, 0.25) is 0 Å². The van der Waals surface area contributed by atoms with Crippen LogP contribution in [0.1, 0.15) is 41.1 Å². The van der Waals surface area contributed by atoms with Gasteiger partial charge in [0.15, 0.2) is 0 Å². The Bertz CT molecular complexity index is 877. The normalized spacial score (nSPS) is 18.8. The van der Waals surface area contributed by atoms with Gasteiger partial charge in [-0.05, 0) is 58.1 Å². The molecule has 1 fully saturated rings. The Labute approximate surface area is 165 Å². The van der Waals surface area contributed by atoms with Crippen molar-refractivity contribution in [3.05, 3.63) is 63.1 Å². The molecule has 0 radical (unpaired) electrons. The second-order valence-corrected chi connectivity index (χ2v) is 7.41. The number of aliphatic imine (C=N–C) groups is 1. The third-order valence-corrected chi connectivity index (χ3v) is 5.45. The third kappa shape index (κ3) is 4.22. The smallest absolute Gasteiger partial charge is 0.339 e. The van der Waals surface area contributed by atoms with Crippen LogP contribution in [0.25, 0.3) is 0 Å². The minimum absolute atomic E-state index is 0.0924. The highest BCUT2D eigenvalue weighted by Gasteiger charge is 2.26. The van der Waals surface area contributed by atoms with Crippen LogP contribution >= 0.6 is 27.5 Å². The van der Waals surface area contributed by atoms with Crippen molar-refractivity contribution in [3.8, 4) is 0 Å². The Hall–Kier alpha value is -1.98. The average Bonchev–Trinajstić information content (AvgIpc) is 2.63. The summed E-state index contributed by atoms with van der Waals surface area (Å²) in [5, 5.41) is 0.674. The molecule has 2 aromatic rings. The van der Waals surface area contributed by atoms with Crippen molar-refractivity contribution in [3.63, 3.8) is 0 Å². The number of benzene rings is 2. The van der Waals surface area contributed by atoms with Crippen LogP contribution in [0.3, 0.4) is 0 Å². The fourth-order valence-electron chi connectivity index (χ4n) is 3.10. The number of esters is 1. The van der Waals surface area contributed by atoms with Gasteiger partial charge in [0.25, 0.3) is 0 Å². The highest BCUT2D eigenvalue weighted by atomic mass is 79.9. The molecule has 26 heavy (non-hydrogen) atoms. The van der Waals surface area contributed by atoms with E-state index in [-0.39, 0.29) is 11.7 Å². The number of halogens is 2. The van der Waals surface area contributed by atoms with E-state index < -0.39 is 5.97 Å². The maximum atomic E-state index is 12.2. The lowest BCUT2D eigenvalue weighted by Gasteiger charge is -2.23. The van der Waals surface area contributed by atoms with E-state index in [1.54, 1.807) is 18.2 Å². The molecule has 0 spiro atoms. The zero-order valence-electron chi connectivity index (χ0n) is 14.2. The predicted octanol–water partition coefficient (Wildman–Crippen LogP) is 5.50. The standard InChI is InChI=1S/C20H17BrClNO3/c1-26-20(25)17-3-2-4-18(19(17)21)23-15-9-13(10-16(24)11-15)12-5-7-14(22)8-6-12/h2-8,13H,9-11H2,1H3. The van der Waals surface area contributed by atoms with E-state index in [4.69, 9.17) is 16.3 Å². The Kier molecular flexibility index (Phi) is 5.89. The van der Waals surface area contributed by atoms with Crippen LogP contribution in [0, 0.1) is 0 Å². The van der Waals surface area contributed by atoms with Crippen LogP contribution in [0.5, 0.6) is 0 Å². The summed E-state index contributed by atoms with van der Waals surface area (Å²) >= 11 is 9.38. The maximum absolute atomic E-state index is 12.2. The molecule has 1 atom stereocenters. The molecule has 3 rings (SSSR count). The van der Waals surface area contributed by atoms with Gasteiger partial charge in [-0.15, -0.1) is 0 Å². The number of ketones is 1. The van der Waals surface area contributed by atoms with Gasteiger partial charge in [-0.1, -0.05) is 29.8 Å². The van der Waals surface area contributed by atoms with Gasteiger partial charge in [0.1, 0.15) is 5.78 Å². The molecular formula is C20H17BrClNO3. The Morgan fingerprint density at radius 1 is 1.19 bits per heavy atom. The van der Waals surface area contributed by atoms with E-state index in [9.17, 15) is 9.59 Å². The van der Waals surface area contributed by atoms with Crippen LogP contribution in [-0.4, -0.2) is 24.6 Å². The monoisotopic (exact) mass is 433 g/mol.